The standard InChI is InChI=1S/C19H18ClF3N2O2/c1-11-7-13(8-24-17(11)27-10-19(21,22)23)12(2)25-9-15-14(18(25)26)5-3-4-6-16(15)20/h3,5-8,12H,4,9-10H2,1-2H3. The van der Waals surface area contributed by atoms with Gasteiger partial charge in [-0.3, -0.25) is 4.79 Å². The summed E-state index contributed by atoms with van der Waals surface area (Å²) in [5.41, 5.74) is 2.55. The summed E-state index contributed by atoms with van der Waals surface area (Å²) in [6, 6.07) is 1.37. The van der Waals surface area contributed by atoms with Crippen LogP contribution >= 0.6 is 11.6 Å². The van der Waals surface area contributed by atoms with Crippen LogP contribution in [-0.2, 0) is 4.79 Å². The zero-order valence-electron chi connectivity index (χ0n) is 14.8. The zero-order chi connectivity index (χ0) is 19.8. The number of aryl methyl sites for hydroxylation is 1. The number of aromatic nitrogens is 1. The van der Waals surface area contributed by atoms with Crippen LogP contribution in [-0.4, -0.2) is 35.1 Å². The molecule has 1 aromatic heterocycles. The van der Waals surface area contributed by atoms with Crippen molar-refractivity contribution in [2.45, 2.75) is 32.5 Å². The van der Waals surface area contributed by atoms with Gasteiger partial charge in [0.1, 0.15) is 0 Å². The molecule has 1 amide bonds. The van der Waals surface area contributed by atoms with Crippen LogP contribution < -0.4 is 4.74 Å². The molecule has 8 heteroatoms. The van der Waals surface area contributed by atoms with E-state index in [1.54, 1.807) is 24.0 Å². The van der Waals surface area contributed by atoms with Gasteiger partial charge in [0, 0.05) is 34.5 Å². The SMILES string of the molecule is Cc1cc(C(C)N2CC3=C(C=CCC=C3Cl)C2=O)cnc1OCC(F)(F)F. The lowest BCUT2D eigenvalue weighted by atomic mass is 10.1. The minimum Gasteiger partial charge on any atom is -0.468 e. The Kier molecular flexibility index (Phi) is 5.33. The van der Waals surface area contributed by atoms with Gasteiger partial charge in [-0.2, -0.15) is 13.2 Å². The van der Waals surface area contributed by atoms with E-state index in [1.807, 2.05) is 19.1 Å². The van der Waals surface area contributed by atoms with E-state index >= 15 is 0 Å². The first-order valence-corrected chi connectivity index (χ1v) is 8.78. The number of carbonyl (C=O) groups is 1. The highest BCUT2D eigenvalue weighted by molar-refractivity contribution is 6.33. The van der Waals surface area contributed by atoms with Crippen LogP contribution in [0.2, 0.25) is 0 Å². The molecule has 0 bridgehead atoms. The lowest BCUT2D eigenvalue weighted by molar-refractivity contribution is -0.154. The van der Waals surface area contributed by atoms with Crippen molar-refractivity contribution in [1.29, 1.82) is 0 Å². The van der Waals surface area contributed by atoms with E-state index in [0.29, 0.717) is 34.7 Å². The van der Waals surface area contributed by atoms with E-state index in [2.05, 4.69) is 4.98 Å². The summed E-state index contributed by atoms with van der Waals surface area (Å²) in [4.78, 5) is 18.4. The maximum Gasteiger partial charge on any atom is 0.422 e. The Morgan fingerprint density at radius 2 is 2.15 bits per heavy atom. The number of pyridine rings is 1. The maximum atomic E-state index is 12.8. The van der Waals surface area contributed by atoms with Gasteiger partial charge in [0.05, 0.1) is 6.04 Å². The molecule has 0 spiro atoms. The van der Waals surface area contributed by atoms with Crippen LogP contribution in [0.4, 0.5) is 13.2 Å². The van der Waals surface area contributed by atoms with Gasteiger partial charge in [-0.25, -0.2) is 4.98 Å². The molecule has 0 fully saturated rings. The molecular formula is C19H18ClF3N2O2. The van der Waals surface area contributed by atoms with Gasteiger partial charge < -0.3 is 9.64 Å². The van der Waals surface area contributed by atoms with Gasteiger partial charge in [0.25, 0.3) is 5.91 Å². The second kappa shape index (κ2) is 7.38. The first kappa shape index (κ1) is 19.5. The molecular weight excluding hydrogens is 381 g/mol. The summed E-state index contributed by atoms with van der Waals surface area (Å²) in [5, 5.41) is 0.572. The minimum absolute atomic E-state index is 0.0705. The molecule has 1 aliphatic heterocycles. The van der Waals surface area contributed by atoms with Crippen molar-refractivity contribution in [2.24, 2.45) is 0 Å². The number of rotatable bonds is 4. The van der Waals surface area contributed by atoms with Crippen LogP contribution in [0.1, 0.15) is 30.5 Å². The molecule has 1 aromatic rings. The molecule has 0 saturated heterocycles. The number of carbonyl (C=O) groups excluding carboxylic acids is 1. The second-order valence-electron chi connectivity index (χ2n) is 6.49. The second-order valence-corrected chi connectivity index (χ2v) is 6.89. The molecule has 144 valence electrons. The lowest BCUT2D eigenvalue weighted by Gasteiger charge is -2.26. The van der Waals surface area contributed by atoms with Crippen LogP contribution in [0.25, 0.3) is 0 Å². The first-order valence-electron chi connectivity index (χ1n) is 8.40. The Balaban J connectivity index is 1.77. The molecule has 0 aromatic carbocycles. The average Bonchev–Trinajstić information content (AvgIpc) is 2.80. The summed E-state index contributed by atoms with van der Waals surface area (Å²) >= 11 is 6.28. The smallest absolute Gasteiger partial charge is 0.422 e. The fourth-order valence-corrected chi connectivity index (χ4v) is 3.32. The monoisotopic (exact) mass is 398 g/mol. The Bertz CT molecular complexity index is 859. The van der Waals surface area contributed by atoms with Crippen molar-refractivity contribution in [3.8, 4) is 5.88 Å². The number of allylic oxidation sites excluding steroid dienone is 2. The number of hydrogen-bond acceptors (Lipinski definition) is 3. The average molecular weight is 399 g/mol. The largest absolute Gasteiger partial charge is 0.468 e. The predicted molar refractivity (Wildman–Crippen MR) is 95.4 cm³/mol. The van der Waals surface area contributed by atoms with Crippen LogP contribution in [0.3, 0.4) is 0 Å². The van der Waals surface area contributed by atoms with Gasteiger partial charge in [-0.05, 0) is 31.9 Å². The fraction of sp³-hybridized carbons (Fsp3) is 0.368. The Morgan fingerprint density at radius 3 is 2.81 bits per heavy atom. The van der Waals surface area contributed by atoms with Crippen molar-refractivity contribution < 1.29 is 22.7 Å². The van der Waals surface area contributed by atoms with E-state index in [0.717, 1.165) is 5.57 Å². The Labute approximate surface area is 160 Å². The molecule has 0 saturated carbocycles. The highest BCUT2D eigenvalue weighted by atomic mass is 35.5. The summed E-state index contributed by atoms with van der Waals surface area (Å²) < 4.78 is 41.7. The van der Waals surface area contributed by atoms with Crippen LogP contribution in [0.15, 0.2) is 46.7 Å². The normalized spacial score (nSPS) is 18.4. The molecule has 1 aliphatic carbocycles. The molecule has 2 aliphatic rings. The van der Waals surface area contributed by atoms with E-state index in [-0.39, 0.29) is 17.8 Å². The minimum atomic E-state index is -4.42. The number of ether oxygens (including phenoxy) is 1. The van der Waals surface area contributed by atoms with Gasteiger partial charge >= 0.3 is 6.18 Å². The van der Waals surface area contributed by atoms with E-state index in [4.69, 9.17) is 16.3 Å². The number of nitrogens with zero attached hydrogens (tertiary/aromatic N) is 2. The molecule has 0 N–H and O–H groups in total. The van der Waals surface area contributed by atoms with Crippen LogP contribution in [0.5, 0.6) is 5.88 Å². The topological polar surface area (TPSA) is 42.4 Å². The summed E-state index contributed by atoms with van der Waals surface area (Å²) in [6.07, 6.45) is 3.22. The Morgan fingerprint density at radius 1 is 1.41 bits per heavy atom. The van der Waals surface area contributed by atoms with Crippen molar-refractivity contribution in [3.63, 3.8) is 0 Å². The van der Waals surface area contributed by atoms with E-state index < -0.39 is 12.8 Å². The molecule has 4 nitrogen and oxygen atoms in total. The molecule has 3 rings (SSSR count). The fourth-order valence-electron chi connectivity index (χ4n) is 3.07. The van der Waals surface area contributed by atoms with Gasteiger partial charge in [-0.15, -0.1) is 0 Å². The van der Waals surface area contributed by atoms with Gasteiger partial charge in [0.15, 0.2) is 6.61 Å². The van der Waals surface area contributed by atoms with Gasteiger partial charge in [-0.1, -0.05) is 29.8 Å². The first-order chi connectivity index (χ1) is 12.7. The zero-order valence-corrected chi connectivity index (χ0v) is 15.6. The maximum absolute atomic E-state index is 12.8. The molecule has 0 radical (unpaired) electrons. The molecule has 27 heavy (non-hydrogen) atoms. The Hall–Kier alpha value is -2.28. The number of amides is 1. The van der Waals surface area contributed by atoms with Crippen molar-refractivity contribution in [2.75, 3.05) is 13.2 Å². The number of halogens is 4. The molecule has 1 atom stereocenters. The van der Waals surface area contributed by atoms with Crippen molar-refractivity contribution in [3.05, 3.63) is 57.8 Å². The molecule has 2 heterocycles. The third-order valence-corrected chi connectivity index (χ3v) is 4.91. The molecule has 1 unspecified atom stereocenters. The third-order valence-electron chi connectivity index (χ3n) is 4.52. The van der Waals surface area contributed by atoms with Crippen LogP contribution in [0, 0.1) is 6.92 Å². The highest BCUT2D eigenvalue weighted by Gasteiger charge is 2.34. The number of alkyl halides is 3. The lowest BCUT2D eigenvalue weighted by Crippen LogP contribution is -2.30. The highest BCUT2D eigenvalue weighted by Crippen LogP contribution is 2.36. The van der Waals surface area contributed by atoms with E-state index in [9.17, 15) is 18.0 Å². The predicted octanol–water partition coefficient (Wildman–Crippen LogP) is 4.61. The summed E-state index contributed by atoms with van der Waals surface area (Å²) in [5.74, 6) is -0.198. The quantitative estimate of drug-likeness (QED) is 0.743. The van der Waals surface area contributed by atoms with Gasteiger partial charge in [0.2, 0.25) is 5.88 Å². The van der Waals surface area contributed by atoms with E-state index in [1.165, 1.54) is 6.20 Å². The van der Waals surface area contributed by atoms with Crippen molar-refractivity contribution in [1.82, 2.24) is 9.88 Å². The summed E-state index contributed by atoms with van der Waals surface area (Å²) in [7, 11) is 0. The third kappa shape index (κ3) is 4.18. The van der Waals surface area contributed by atoms with Crippen molar-refractivity contribution >= 4 is 17.5 Å². The number of hydrogen-bond donors (Lipinski definition) is 0. The summed E-state index contributed by atoms with van der Waals surface area (Å²) in [6.45, 7) is 2.45.